The first-order chi connectivity index (χ1) is 6.88. The van der Waals surface area contributed by atoms with E-state index in [0.29, 0.717) is 0 Å². The van der Waals surface area contributed by atoms with Gasteiger partial charge in [-0.05, 0) is 24.4 Å². The molecule has 2 heteroatoms. The third-order valence-corrected chi connectivity index (χ3v) is 1.46. The van der Waals surface area contributed by atoms with Crippen LogP contribution < -0.4 is 0 Å². The van der Waals surface area contributed by atoms with E-state index in [9.17, 15) is 0 Å². The number of nitrogens with one attached hydrogen (secondary N) is 1. The van der Waals surface area contributed by atoms with Crippen LogP contribution >= 0.6 is 0 Å². The van der Waals surface area contributed by atoms with E-state index in [1.165, 1.54) is 17.8 Å². The van der Waals surface area contributed by atoms with Gasteiger partial charge in [-0.15, -0.1) is 0 Å². The first-order valence-corrected chi connectivity index (χ1v) is 4.80. The largest absolute Gasteiger partial charge is 0.361 e. The minimum atomic E-state index is 0.750. The average Bonchev–Trinajstić information content (AvgIpc) is 2.69. The maximum Gasteiger partial charge on any atom is 0.116 e. The molecule has 1 aromatic heterocycles. The van der Waals surface area contributed by atoms with Gasteiger partial charge in [-0.2, -0.15) is 0 Å². The molecule has 1 N–H and O–H groups in total. The van der Waals surface area contributed by atoms with Gasteiger partial charge < -0.3 is 9.78 Å². The normalized spacial score (nSPS) is 7.93. The molecule has 2 nitrogen and oxygen atoms in total. The summed E-state index contributed by atoms with van der Waals surface area (Å²) in [6.45, 7) is 5.44. The summed E-state index contributed by atoms with van der Waals surface area (Å²) in [5.41, 5.74) is 1.21. The van der Waals surface area contributed by atoms with E-state index in [4.69, 9.17) is 4.79 Å². The fourth-order valence-corrected chi connectivity index (χ4v) is 0.995. The molecule has 0 fully saturated rings. The molecule has 1 heterocycles. The third kappa shape index (κ3) is 3.90. The van der Waals surface area contributed by atoms with Gasteiger partial charge in [0.1, 0.15) is 6.29 Å². The van der Waals surface area contributed by atoms with Crippen LogP contribution in [0.4, 0.5) is 0 Å². The molecule has 0 unspecified atom stereocenters. The lowest BCUT2D eigenvalue weighted by atomic mass is 10.3. The minimum absolute atomic E-state index is 0.750. The van der Waals surface area contributed by atoms with Crippen molar-refractivity contribution in [2.75, 3.05) is 0 Å². The second-order valence-corrected chi connectivity index (χ2v) is 2.30. The predicted octanol–water partition coefficient (Wildman–Crippen LogP) is 3.40. The van der Waals surface area contributed by atoms with E-state index >= 15 is 0 Å². The highest BCUT2D eigenvalue weighted by Crippen LogP contribution is 2.09. The topological polar surface area (TPSA) is 32.9 Å². The quantitative estimate of drug-likeness (QED) is 0.636. The molecule has 0 bridgehead atoms. The Balaban J connectivity index is 0.000000294. The van der Waals surface area contributed by atoms with Crippen molar-refractivity contribution < 1.29 is 4.79 Å². The van der Waals surface area contributed by atoms with Crippen LogP contribution in [0.2, 0.25) is 0 Å². The lowest BCUT2D eigenvalue weighted by molar-refractivity contribution is -0.106. The molecule has 0 atom stereocenters. The van der Waals surface area contributed by atoms with Crippen LogP contribution in [0.15, 0.2) is 36.5 Å². The van der Waals surface area contributed by atoms with Gasteiger partial charge in [0.05, 0.1) is 0 Å². The average molecular weight is 191 g/mol. The molecule has 0 saturated heterocycles. The van der Waals surface area contributed by atoms with Crippen LogP contribution in [0, 0.1) is 0 Å². The van der Waals surface area contributed by atoms with E-state index in [0.717, 1.165) is 6.29 Å². The van der Waals surface area contributed by atoms with Crippen LogP contribution in [0.25, 0.3) is 10.9 Å². The summed E-state index contributed by atoms with van der Waals surface area (Å²) in [5, 5.41) is 1.28. The Morgan fingerprint density at radius 3 is 2.29 bits per heavy atom. The van der Waals surface area contributed by atoms with Crippen molar-refractivity contribution in [3.05, 3.63) is 36.5 Å². The van der Waals surface area contributed by atoms with Gasteiger partial charge in [0, 0.05) is 11.7 Å². The molecule has 1 aromatic carbocycles. The lowest BCUT2D eigenvalue weighted by Crippen LogP contribution is -1.61. The van der Waals surface area contributed by atoms with Crippen LogP contribution in [-0.2, 0) is 4.79 Å². The molecule has 0 spiro atoms. The molecule has 0 aliphatic rings. The summed E-state index contributed by atoms with van der Waals surface area (Å²) in [5.74, 6) is 0. The number of hydrogen-bond donors (Lipinski definition) is 1. The predicted molar refractivity (Wildman–Crippen MR) is 61.4 cm³/mol. The smallest absolute Gasteiger partial charge is 0.116 e. The van der Waals surface area contributed by atoms with Crippen molar-refractivity contribution in [3.8, 4) is 0 Å². The second-order valence-electron chi connectivity index (χ2n) is 2.30. The van der Waals surface area contributed by atoms with E-state index < -0.39 is 0 Å². The summed E-state index contributed by atoms with van der Waals surface area (Å²) in [6, 6.07) is 10.3. The Hall–Kier alpha value is -1.57. The number of rotatable bonds is 0. The highest BCUT2D eigenvalue weighted by Gasteiger charge is 1.86. The minimum Gasteiger partial charge on any atom is -0.361 e. The third-order valence-electron chi connectivity index (χ3n) is 1.46. The van der Waals surface area contributed by atoms with E-state index in [2.05, 4.69) is 23.2 Å². The summed E-state index contributed by atoms with van der Waals surface area (Å²) < 4.78 is 0. The maximum atomic E-state index is 8.81. The molecule has 14 heavy (non-hydrogen) atoms. The van der Waals surface area contributed by atoms with Gasteiger partial charge in [0.15, 0.2) is 0 Å². The monoisotopic (exact) mass is 191 g/mol. The summed E-state index contributed by atoms with van der Waals surface area (Å²) in [7, 11) is 0. The van der Waals surface area contributed by atoms with Gasteiger partial charge in [-0.25, -0.2) is 0 Å². The molecule has 2 aromatic rings. The number of hydrogen-bond acceptors (Lipinski definition) is 1. The molecular formula is C12H17NO. The molecule has 0 aliphatic carbocycles. The Morgan fingerprint density at radius 1 is 1.14 bits per heavy atom. The van der Waals surface area contributed by atoms with Crippen molar-refractivity contribution in [3.63, 3.8) is 0 Å². The molecule has 0 amide bonds. The van der Waals surface area contributed by atoms with Crippen molar-refractivity contribution in [2.24, 2.45) is 0 Å². The number of fused-ring (bicyclic) bond motifs is 1. The number of aromatic nitrogens is 1. The standard InChI is InChI=1S/C8H7N.C2H4O.C2H6/c1-2-4-8-7(3-1)5-6-9-8;1-2-3;1-2/h1-6,9H;2H,1H3;1-2H3. The number of aromatic amines is 1. The van der Waals surface area contributed by atoms with E-state index in [1.54, 1.807) is 0 Å². The summed E-state index contributed by atoms with van der Waals surface area (Å²) in [6.07, 6.45) is 2.70. The van der Waals surface area contributed by atoms with Gasteiger partial charge >= 0.3 is 0 Å². The van der Waals surface area contributed by atoms with Crippen molar-refractivity contribution in [1.82, 2.24) is 4.98 Å². The number of carbonyl (C=O) groups excluding carboxylic acids is 1. The van der Waals surface area contributed by atoms with Crippen LogP contribution in [0.3, 0.4) is 0 Å². The first kappa shape index (κ1) is 12.4. The van der Waals surface area contributed by atoms with E-state index in [1.807, 2.05) is 32.2 Å². The molecule has 0 saturated carbocycles. The maximum absolute atomic E-state index is 8.81. The Labute approximate surface area is 85.0 Å². The van der Waals surface area contributed by atoms with Crippen molar-refractivity contribution in [1.29, 1.82) is 0 Å². The number of H-pyrrole nitrogens is 1. The highest BCUT2D eigenvalue weighted by atomic mass is 16.1. The SMILES string of the molecule is CC.CC=O.c1ccc2[nH]ccc2c1. The summed E-state index contributed by atoms with van der Waals surface area (Å²) >= 11 is 0. The lowest BCUT2D eigenvalue weighted by Gasteiger charge is -1.83. The zero-order valence-electron chi connectivity index (χ0n) is 8.95. The van der Waals surface area contributed by atoms with Gasteiger partial charge in [0.2, 0.25) is 0 Å². The summed E-state index contributed by atoms with van der Waals surface area (Å²) in [4.78, 5) is 11.9. The zero-order chi connectivity index (χ0) is 10.8. The Kier molecular flexibility index (Phi) is 7.15. The second kappa shape index (κ2) is 8.05. The number of carbonyl (C=O) groups is 1. The molecule has 76 valence electrons. The number of benzene rings is 1. The molecule has 0 radical (unpaired) electrons. The van der Waals surface area contributed by atoms with Gasteiger partial charge in [-0.1, -0.05) is 32.0 Å². The highest BCUT2D eigenvalue weighted by molar-refractivity contribution is 5.78. The van der Waals surface area contributed by atoms with E-state index in [-0.39, 0.29) is 0 Å². The zero-order valence-corrected chi connectivity index (χ0v) is 8.95. The fourth-order valence-electron chi connectivity index (χ4n) is 0.995. The Morgan fingerprint density at radius 2 is 1.71 bits per heavy atom. The first-order valence-electron chi connectivity index (χ1n) is 4.80. The van der Waals surface area contributed by atoms with Crippen LogP contribution in [-0.4, -0.2) is 11.3 Å². The molecule has 0 aliphatic heterocycles. The number of para-hydroxylation sites is 1. The van der Waals surface area contributed by atoms with Crippen molar-refractivity contribution >= 4 is 17.2 Å². The Bertz CT molecular complexity index is 322. The fraction of sp³-hybridized carbons (Fsp3) is 0.250. The van der Waals surface area contributed by atoms with Crippen LogP contribution in [0.1, 0.15) is 20.8 Å². The van der Waals surface area contributed by atoms with Crippen molar-refractivity contribution in [2.45, 2.75) is 20.8 Å². The van der Waals surface area contributed by atoms with Gasteiger partial charge in [0.25, 0.3) is 0 Å². The molecular weight excluding hydrogens is 174 g/mol. The van der Waals surface area contributed by atoms with Gasteiger partial charge in [-0.3, -0.25) is 0 Å². The molecule has 2 rings (SSSR count). The van der Waals surface area contributed by atoms with Crippen LogP contribution in [0.5, 0.6) is 0 Å². The number of aldehydes is 1.